The largest absolute Gasteiger partial charge is 0.485 e. The average molecular weight is 554 g/mol. The number of nitrogens with two attached hydrogens (primary N) is 1. The number of fused-ring (bicyclic) bond motifs is 1. The molecule has 194 valence electrons. The summed E-state index contributed by atoms with van der Waals surface area (Å²) in [5, 5.41) is 3.07. The number of benzene rings is 1. The number of hydrogen-bond acceptors (Lipinski definition) is 7. The number of halogens is 2. The first kappa shape index (κ1) is 25.6. The first-order chi connectivity index (χ1) is 18.2. The van der Waals surface area contributed by atoms with Gasteiger partial charge in [-0.2, -0.15) is 0 Å². The number of amides is 2. The lowest BCUT2D eigenvalue weighted by Gasteiger charge is -2.09. The number of para-hydroxylation sites is 1. The van der Waals surface area contributed by atoms with Gasteiger partial charge in [0.15, 0.2) is 5.76 Å². The van der Waals surface area contributed by atoms with E-state index in [1.807, 2.05) is 44.2 Å². The van der Waals surface area contributed by atoms with Crippen molar-refractivity contribution in [1.82, 2.24) is 4.98 Å². The second-order valence-electron chi connectivity index (χ2n) is 8.43. The maximum Gasteiger partial charge on any atom is 0.291 e. The summed E-state index contributed by atoms with van der Waals surface area (Å²) in [6.45, 7) is 3.92. The van der Waals surface area contributed by atoms with Crippen LogP contribution in [0.1, 0.15) is 48.5 Å². The zero-order valence-electron chi connectivity index (χ0n) is 20.2. The summed E-state index contributed by atoms with van der Waals surface area (Å²) in [6, 6.07) is 15.5. The summed E-state index contributed by atoms with van der Waals surface area (Å²) in [5.74, 6) is -0.365. The molecule has 0 unspecified atom stereocenters. The smallest absolute Gasteiger partial charge is 0.291 e. The van der Waals surface area contributed by atoms with E-state index in [2.05, 4.69) is 10.3 Å². The van der Waals surface area contributed by atoms with Crippen LogP contribution in [0.3, 0.4) is 0 Å². The van der Waals surface area contributed by atoms with Gasteiger partial charge in [0.1, 0.15) is 33.5 Å². The Hall–Kier alpha value is -4.09. The van der Waals surface area contributed by atoms with E-state index in [-0.39, 0.29) is 27.8 Å². The van der Waals surface area contributed by atoms with Gasteiger partial charge in [0, 0.05) is 20.7 Å². The molecular formula is C27H21F2N3O4S2. The van der Waals surface area contributed by atoms with Crippen molar-refractivity contribution >= 4 is 50.4 Å². The van der Waals surface area contributed by atoms with E-state index in [0.717, 1.165) is 21.8 Å². The number of hydrogen-bond donors (Lipinski definition) is 2. The Kier molecular flexibility index (Phi) is 6.96. The molecule has 0 radical (unpaired) electrons. The quantitative estimate of drug-likeness (QED) is 0.213. The zero-order chi connectivity index (χ0) is 27.0. The number of anilines is 1. The lowest BCUT2D eigenvalue weighted by molar-refractivity contribution is 0.0992. The first-order valence-electron chi connectivity index (χ1n) is 11.4. The Balaban J connectivity index is 1.50. The van der Waals surface area contributed by atoms with Crippen LogP contribution in [0.25, 0.3) is 20.7 Å². The molecule has 0 aliphatic rings. The van der Waals surface area contributed by atoms with Crippen molar-refractivity contribution in [3.63, 3.8) is 0 Å². The Morgan fingerprint density at radius 2 is 1.89 bits per heavy atom. The van der Waals surface area contributed by atoms with Crippen LogP contribution >= 0.6 is 22.7 Å². The molecule has 2 amide bonds. The number of pyridine rings is 1. The minimum absolute atomic E-state index is 0.00328. The van der Waals surface area contributed by atoms with Crippen molar-refractivity contribution in [2.45, 2.75) is 26.9 Å². The van der Waals surface area contributed by atoms with E-state index in [1.54, 1.807) is 12.1 Å². The number of primary amides is 1. The van der Waals surface area contributed by atoms with Gasteiger partial charge in [-0.05, 0) is 55.8 Å². The van der Waals surface area contributed by atoms with Gasteiger partial charge in [0.05, 0.1) is 5.69 Å². The number of thiophene rings is 2. The van der Waals surface area contributed by atoms with Crippen molar-refractivity contribution in [3.8, 4) is 16.2 Å². The molecule has 0 saturated carbocycles. The van der Waals surface area contributed by atoms with Crippen molar-refractivity contribution in [1.29, 1.82) is 0 Å². The second kappa shape index (κ2) is 10.3. The van der Waals surface area contributed by atoms with Crippen LogP contribution in [0.5, 0.6) is 5.75 Å². The van der Waals surface area contributed by atoms with Crippen LogP contribution in [0.4, 0.5) is 14.5 Å². The standard InChI is InChI=1S/C27H21F2N3O4S2/c1-13-5-3-4-6-18(13)35-12-15-8-9-19(36-15)26(34)32-22-21-16(20-10-7-14(2)37-20)11-17(24(28)29)31-27(21)38-23(22)25(30)33/h3-11,24H,12H2,1-2H3,(H2,30,33)(H,32,34). The van der Waals surface area contributed by atoms with E-state index in [4.69, 9.17) is 14.9 Å². The van der Waals surface area contributed by atoms with Gasteiger partial charge in [0.2, 0.25) is 0 Å². The minimum atomic E-state index is -2.82. The third kappa shape index (κ3) is 5.02. The summed E-state index contributed by atoms with van der Waals surface area (Å²) >= 11 is 2.25. The SMILES string of the molecule is Cc1ccc(-c2cc(C(F)F)nc3sc(C(N)=O)c(NC(=O)c4ccc(COc5ccccc5C)o4)c23)s1. The fraction of sp³-hybridized carbons (Fsp3) is 0.148. The molecule has 11 heteroatoms. The summed E-state index contributed by atoms with van der Waals surface area (Å²) < 4.78 is 38.7. The third-order valence-electron chi connectivity index (χ3n) is 5.72. The van der Waals surface area contributed by atoms with Gasteiger partial charge in [-0.3, -0.25) is 9.59 Å². The number of aryl methyl sites for hydroxylation is 2. The van der Waals surface area contributed by atoms with E-state index in [9.17, 15) is 18.4 Å². The summed E-state index contributed by atoms with van der Waals surface area (Å²) in [7, 11) is 0. The lowest BCUT2D eigenvalue weighted by Crippen LogP contribution is -2.16. The second-order valence-corrected chi connectivity index (χ2v) is 10.7. The van der Waals surface area contributed by atoms with Crippen LogP contribution in [0.2, 0.25) is 0 Å². The number of alkyl halides is 2. The highest BCUT2D eigenvalue weighted by Crippen LogP contribution is 2.44. The van der Waals surface area contributed by atoms with Gasteiger partial charge in [0.25, 0.3) is 18.2 Å². The van der Waals surface area contributed by atoms with E-state index >= 15 is 0 Å². The van der Waals surface area contributed by atoms with Crippen LogP contribution in [0, 0.1) is 13.8 Å². The molecule has 0 fully saturated rings. The first-order valence-corrected chi connectivity index (χ1v) is 13.0. The van der Waals surface area contributed by atoms with Gasteiger partial charge in [-0.25, -0.2) is 13.8 Å². The number of carbonyl (C=O) groups excluding carboxylic acids is 2. The number of ether oxygens (including phenoxy) is 1. The fourth-order valence-corrected chi connectivity index (χ4v) is 5.82. The highest BCUT2D eigenvalue weighted by atomic mass is 32.1. The van der Waals surface area contributed by atoms with Gasteiger partial charge in [-0.15, -0.1) is 22.7 Å². The van der Waals surface area contributed by atoms with E-state index in [1.165, 1.54) is 23.5 Å². The molecule has 0 saturated heterocycles. The number of carbonyl (C=O) groups is 2. The average Bonchev–Trinajstić information content (AvgIpc) is 3.62. The highest BCUT2D eigenvalue weighted by molar-refractivity contribution is 7.21. The molecule has 7 nitrogen and oxygen atoms in total. The molecule has 4 aromatic heterocycles. The number of nitrogens with zero attached hydrogens (tertiary/aromatic N) is 1. The Labute approximate surface area is 223 Å². The summed E-state index contributed by atoms with van der Waals surface area (Å²) in [5.41, 5.74) is 6.66. The van der Waals surface area contributed by atoms with Gasteiger partial charge in [-0.1, -0.05) is 18.2 Å². The monoisotopic (exact) mass is 553 g/mol. The molecule has 0 atom stereocenters. The van der Waals surface area contributed by atoms with Crippen LogP contribution in [-0.4, -0.2) is 16.8 Å². The van der Waals surface area contributed by atoms with E-state index < -0.39 is 23.9 Å². The molecule has 5 aromatic rings. The van der Waals surface area contributed by atoms with E-state index in [0.29, 0.717) is 27.3 Å². The third-order valence-corrected chi connectivity index (χ3v) is 7.85. The Bertz CT molecular complexity index is 1670. The number of rotatable bonds is 8. The predicted molar refractivity (Wildman–Crippen MR) is 143 cm³/mol. The normalized spacial score (nSPS) is 11.3. The molecule has 4 heterocycles. The molecular weight excluding hydrogens is 532 g/mol. The number of nitrogens with one attached hydrogen (secondary N) is 1. The number of furan rings is 1. The fourth-order valence-electron chi connectivity index (χ4n) is 3.92. The Morgan fingerprint density at radius 3 is 2.58 bits per heavy atom. The summed E-state index contributed by atoms with van der Waals surface area (Å²) in [4.78, 5) is 31.3. The minimum Gasteiger partial charge on any atom is -0.485 e. The van der Waals surface area contributed by atoms with Crippen molar-refractivity contribution < 1.29 is 27.5 Å². The van der Waals surface area contributed by atoms with Crippen molar-refractivity contribution in [2.75, 3.05) is 5.32 Å². The van der Waals surface area contributed by atoms with Gasteiger partial charge >= 0.3 is 0 Å². The molecule has 0 aliphatic carbocycles. The maximum absolute atomic E-state index is 13.7. The summed E-state index contributed by atoms with van der Waals surface area (Å²) in [6.07, 6.45) is -2.82. The molecule has 0 aliphatic heterocycles. The van der Waals surface area contributed by atoms with Crippen LogP contribution in [-0.2, 0) is 6.61 Å². The highest BCUT2D eigenvalue weighted by Gasteiger charge is 2.26. The predicted octanol–water partition coefficient (Wildman–Crippen LogP) is 7.10. The number of aromatic nitrogens is 1. The van der Waals surface area contributed by atoms with Crippen molar-refractivity contribution in [2.24, 2.45) is 5.73 Å². The lowest BCUT2D eigenvalue weighted by atomic mass is 10.1. The van der Waals surface area contributed by atoms with Crippen LogP contribution < -0.4 is 15.8 Å². The molecule has 5 rings (SSSR count). The molecule has 0 bridgehead atoms. The molecule has 38 heavy (non-hydrogen) atoms. The molecule has 3 N–H and O–H groups in total. The maximum atomic E-state index is 13.7. The topological polar surface area (TPSA) is 107 Å². The zero-order valence-corrected chi connectivity index (χ0v) is 21.8. The molecule has 1 aromatic carbocycles. The van der Waals surface area contributed by atoms with Crippen molar-refractivity contribution in [3.05, 3.63) is 87.1 Å². The van der Waals surface area contributed by atoms with Crippen LogP contribution in [0.15, 0.2) is 59.0 Å². The Morgan fingerprint density at radius 1 is 1.11 bits per heavy atom. The molecule has 0 spiro atoms. The van der Waals surface area contributed by atoms with Gasteiger partial charge < -0.3 is 20.2 Å².